The smallest absolute Gasteiger partial charge is 0.277 e. The number of rotatable bonds is 7. The number of benzene rings is 2. The second-order valence-electron chi connectivity index (χ2n) is 6.26. The van der Waals surface area contributed by atoms with E-state index in [1.54, 1.807) is 19.1 Å². The maximum atomic E-state index is 13.1. The molecule has 0 radical (unpaired) electrons. The SMILES string of the molecule is CCc1ccc(OCC(=O)N/N=C\c2c(C)nn(-c3ccc(F)cc3)c2Cl)cc1. The fourth-order valence-electron chi connectivity index (χ4n) is 2.58. The van der Waals surface area contributed by atoms with Gasteiger partial charge in [0.15, 0.2) is 6.61 Å². The highest BCUT2D eigenvalue weighted by atomic mass is 35.5. The van der Waals surface area contributed by atoms with E-state index in [-0.39, 0.29) is 12.4 Å². The molecule has 2 aromatic carbocycles. The van der Waals surface area contributed by atoms with Crippen molar-refractivity contribution in [2.75, 3.05) is 6.61 Å². The Kier molecular flexibility index (Phi) is 6.61. The number of aromatic nitrogens is 2. The molecule has 0 saturated carbocycles. The standard InChI is InChI=1S/C21H20ClFN4O2/c1-3-15-4-10-18(11-5-15)29-13-20(28)25-24-12-19-14(2)26-27(21(19)22)17-8-6-16(23)7-9-17/h4-12H,3,13H2,1-2H3,(H,25,28)/b24-12-. The van der Waals surface area contributed by atoms with Crippen LogP contribution in [-0.2, 0) is 11.2 Å². The van der Waals surface area contributed by atoms with Crippen molar-refractivity contribution in [3.8, 4) is 11.4 Å². The maximum Gasteiger partial charge on any atom is 0.277 e. The number of halogens is 2. The first-order valence-electron chi connectivity index (χ1n) is 9.02. The summed E-state index contributed by atoms with van der Waals surface area (Å²) in [4.78, 5) is 11.9. The molecule has 0 aliphatic rings. The predicted octanol–water partition coefficient (Wildman–Crippen LogP) is 4.06. The van der Waals surface area contributed by atoms with Crippen LogP contribution < -0.4 is 10.2 Å². The van der Waals surface area contributed by atoms with Gasteiger partial charge in [0.25, 0.3) is 5.91 Å². The van der Waals surface area contributed by atoms with Gasteiger partial charge in [-0.05, 0) is 55.3 Å². The predicted molar refractivity (Wildman–Crippen MR) is 110 cm³/mol. The van der Waals surface area contributed by atoms with Gasteiger partial charge < -0.3 is 4.74 Å². The third-order valence-corrected chi connectivity index (χ3v) is 4.57. The van der Waals surface area contributed by atoms with Gasteiger partial charge in [0.05, 0.1) is 23.2 Å². The minimum absolute atomic E-state index is 0.162. The normalized spacial score (nSPS) is 11.0. The summed E-state index contributed by atoms with van der Waals surface area (Å²) in [6.07, 6.45) is 2.35. The first-order valence-corrected chi connectivity index (χ1v) is 9.40. The highest BCUT2D eigenvalue weighted by Crippen LogP contribution is 2.22. The molecule has 29 heavy (non-hydrogen) atoms. The third kappa shape index (κ3) is 5.20. The van der Waals surface area contributed by atoms with E-state index >= 15 is 0 Å². The number of hydrogen-bond acceptors (Lipinski definition) is 4. The monoisotopic (exact) mass is 414 g/mol. The van der Waals surface area contributed by atoms with Crippen molar-refractivity contribution in [1.29, 1.82) is 0 Å². The molecule has 1 heterocycles. The van der Waals surface area contributed by atoms with Crippen molar-refractivity contribution in [2.24, 2.45) is 5.10 Å². The van der Waals surface area contributed by atoms with E-state index < -0.39 is 5.91 Å². The molecule has 0 aliphatic heterocycles. The summed E-state index contributed by atoms with van der Waals surface area (Å²) >= 11 is 6.36. The summed E-state index contributed by atoms with van der Waals surface area (Å²) < 4.78 is 20.0. The third-order valence-electron chi connectivity index (χ3n) is 4.20. The van der Waals surface area contributed by atoms with Gasteiger partial charge in [-0.1, -0.05) is 30.7 Å². The van der Waals surface area contributed by atoms with Gasteiger partial charge in [0.1, 0.15) is 16.7 Å². The maximum absolute atomic E-state index is 13.1. The van der Waals surface area contributed by atoms with Crippen LogP contribution in [0.25, 0.3) is 5.69 Å². The summed E-state index contributed by atoms with van der Waals surface area (Å²) in [5, 5.41) is 8.56. The summed E-state index contributed by atoms with van der Waals surface area (Å²) in [6, 6.07) is 13.3. The number of nitrogens with zero attached hydrogens (tertiary/aromatic N) is 3. The van der Waals surface area contributed by atoms with E-state index in [1.807, 2.05) is 24.3 Å². The first-order chi connectivity index (χ1) is 14.0. The van der Waals surface area contributed by atoms with Gasteiger partial charge in [0.2, 0.25) is 0 Å². The number of carbonyl (C=O) groups excluding carboxylic acids is 1. The minimum Gasteiger partial charge on any atom is -0.484 e. The largest absolute Gasteiger partial charge is 0.484 e. The molecule has 0 saturated heterocycles. The Bertz CT molecular complexity index is 1010. The van der Waals surface area contributed by atoms with Crippen molar-refractivity contribution in [3.05, 3.63) is 76.3 Å². The molecule has 1 amide bonds. The second-order valence-corrected chi connectivity index (χ2v) is 6.62. The topological polar surface area (TPSA) is 68.5 Å². The van der Waals surface area contributed by atoms with E-state index in [0.717, 1.165) is 6.42 Å². The summed E-state index contributed by atoms with van der Waals surface area (Å²) in [6.45, 7) is 3.67. The molecule has 0 aliphatic carbocycles. The van der Waals surface area contributed by atoms with Crippen molar-refractivity contribution in [1.82, 2.24) is 15.2 Å². The number of carbonyl (C=O) groups is 1. The molecule has 3 rings (SSSR count). The number of amides is 1. The van der Waals surface area contributed by atoms with Gasteiger partial charge in [-0.25, -0.2) is 14.5 Å². The molecule has 1 aromatic heterocycles. The average molecular weight is 415 g/mol. The Balaban J connectivity index is 1.59. The lowest BCUT2D eigenvalue weighted by atomic mass is 10.2. The molecule has 0 unspecified atom stereocenters. The number of hydrazone groups is 1. The lowest BCUT2D eigenvalue weighted by Crippen LogP contribution is -2.24. The average Bonchev–Trinajstić information content (AvgIpc) is 3.01. The summed E-state index contributed by atoms with van der Waals surface area (Å²) in [7, 11) is 0. The number of hydrogen-bond donors (Lipinski definition) is 1. The van der Waals surface area contributed by atoms with Crippen LogP contribution in [0.4, 0.5) is 4.39 Å². The van der Waals surface area contributed by atoms with Crippen LogP contribution in [0.15, 0.2) is 53.6 Å². The number of nitrogens with one attached hydrogen (secondary N) is 1. The molecule has 3 aromatic rings. The van der Waals surface area contributed by atoms with Gasteiger partial charge in [-0.15, -0.1) is 0 Å². The lowest BCUT2D eigenvalue weighted by molar-refractivity contribution is -0.123. The Labute approximate surface area is 173 Å². The van der Waals surface area contributed by atoms with Gasteiger partial charge in [0, 0.05) is 0 Å². The van der Waals surface area contributed by atoms with Crippen molar-refractivity contribution in [2.45, 2.75) is 20.3 Å². The van der Waals surface area contributed by atoms with Gasteiger partial charge in [-0.3, -0.25) is 4.79 Å². The van der Waals surface area contributed by atoms with Crippen LogP contribution in [0.3, 0.4) is 0 Å². The Morgan fingerprint density at radius 3 is 2.59 bits per heavy atom. The molecule has 1 N–H and O–H groups in total. The fourth-order valence-corrected chi connectivity index (χ4v) is 2.90. The molecule has 0 atom stereocenters. The zero-order chi connectivity index (χ0) is 20.8. The number of ether oxygens (including phenoxy) is 1. The van der Waals surface area contributed by atoms with Crippen LogP contribution in [0, 0.1) is 12.7 Å². The second kappa shape index (κ2) is 9.34. The van der Waals surface area contributed by atoms with Gasteiger partial charge in [-0.2, -0.15) is 10.2 Å². The van der Waals surface area contributed by atoms with E-state index in [9.17, 15) is 9.18 Å². The van der Waals surface area contributed by atoms with Crippen molar-refractivity contribution >= 4 is 23.7 Å². The van der Waals surface area contributed by atoms with Crippen LogP contribution in [0.1, 0.15) is 23.7 Å². The van der Waals surface area contributed by atoms with E-state index in [2.05, 4.69) is 22.5 Å². The molecule has 0 bridgehead atoms. The molecular weight excluding hydrogens is 395 g/mol. The highest BCUT2D eigenvalue weighted by Gasteiger charge is 2.13. The Morgan fingerprint density at radius 1 is 1.24 bits per heavy atom. The van der Waals surface area contributed by atoms with E-state index in [0.29, 0.717) is 27.8 Å². The highest BCUT2D eigenvalue weighted by molar-refractivity contribution is 6.32. The first kappa shape index (κ1) is 20.5. The quantitative estimate of drug-likeness (QED) is 0.468. The minimum atomic E-state index is -0.402. The Hall–Kier alpha value is -3.19. The fraction of sp³-hybridized carbons (Fsp3) is 0.190. The number of aryl methyl sites for hydroxylation is 2. The van der Waals surface area contributed by atoms with E-state index in [4.69, 9.17) is 16.3 Å². The van der Waals surface area contributed by atoms with Crippen LogP contribution in [-0.4, -0.2) is 28.5 Å². The molecular formula is C21H20ClFN4O2. The lowest BCUT2D eigenvalue weighted by Gasteiger charge is -2.05. The summed E-state index contributed by atoms with van der Waals surface area (Å²) in [5.74, 6) is -0.136. The van der Waals surface area contributed by atoms with E-state index in [1.165, 1.54) is 28.6 Å². The molecule has 0 fully saturated rings. The molecule has 0 spiro atoms. The van der Waals surface area contributed by atoms with Crippen molar-refractivity contribution < 1.29 is 13.9 Å². The molecule has 6 nitrogen and oxygen atoms in total. The molecule has 8 heteroatoms. The van der Waals surface area contributed by atoms with Gasteiger partial charge >= 0.3 is 0 Å². The molecule has 150 valence electrons. The van der Waals surface area contributed by atoms with Crippen LogP contribution in [0.5, 0.6) is 5.75 Å². The van der Waals surface area contributed by atoms with Crippen LogP contribution >= 0.6 is 11.6 Å². The Morgan fingerprint density at radius 2 is 1.93 bits per heavy atom. The zero-order valence-corrected chi connectivity index (χ0v) is 16.8. The zero-order valence-electron chi connectivity index (χ0n) is 16.0. The van der Waals surface area contributed by atoms with Crippen LogP contribution in [0.2, 0.25) is 5.15 Å². The summed E-state index contributed by atoms with van der Waals surface area (Å²) in [5.41, 5.74) is 5.37. The van der Waals surface area contributed by atoms with Crippen molar-refractivity contribution in [3.63, 3.8) is 0 Å².